The number of carbonyl (C=O) groups excluding carboxylic acids is 2. The number of nitrogens with zero attached hydrogens (tertiary/aromatic N) is 4. The largest absolute Gasteiger partial charge is 0.293 e. The molecule has 108 valence electrons. The van der Waals surface area contributed by atoms with Crippen molar-refractivity contribution in [2.24, 2.45) is 16.0 Å². The fourth-order valence-corrected chi connectivity index (χ4v) is 2.28. The Balaban J connectivity index is 1.76. The molecule has 0 radical (unpaired) electrons. The van der Waals surface area contributed by atoms with Gasteiger partial charge in [-0.1, -0.05) is 30.3 Å². The van der Waals surface area contributed by atoms with E-state index in [0.717, 1.165) is 16.3 Å². The first-order valence-corrected chi connectivity index (χ1v) is 6.45. The van der Waals surface area contributed by atoms with E-state index in [9.17, 15) is 9.59 Å². The van der Waals surface area contributed by atoms with E-state index < -0.39 is 11.9 Å². The molecule has 0 spiro atoms. The molecule has 2 aliphatic heterocycles. The first kappa shape index (κ1) is 13.3. The third kappa shape index (κ3) is 2.48. The fraction of sp³-hybridized carbons (Fsp3) is 0.231. The van der Waals surface area contributed by atoms with E-state index in [-0.39, 0.29) is 12.5 Å². The Morgan fingerprint density at radius 1 is 1.38 bits per heavy atom. The molecule has 0 aromatic heterocycles. The van der Waals surface area contributed by atoms with Gasteiger partial charge in [0, 0.05) is 6.42 Å². The molecular formula is C13H14N6O2. The van der Waals surface area contributed by atoms with Gasteiger partial charge in [0.2, 0.25) is 0 Å². The number of nitrogens with two attached hydrogens (primary N) is 1. The van der Waals surface area contributed by atoms with Gasteiger partial charge in [0.15, 0.2) is 0 Å². The molecule has 1 aromatic carbocycles. The Kier molecular flexibility index (Phi) is 3.36. The molecule has 1 atom stereocenters. The van der Waals surface area contributed by atoms with Crippen molar-refractivity contribution in [2.75, 3.05) is 6.54 Å². The summed E-state index contributed by atoms with van der Waals surface area (Å²) in [6.07, 6.45) is 1.93. The second kappa shape index (κ2) is 5.33. The van der Waals surface area contributed by atoms with Crippen LogP contribution in [0.4, 0.5) is 0 Å². The molecule has 2 aliphatic rings. The van der Waals surface area contributed by atoms with E-state index in [1.54, 1.807) is 0 Å². The van der Waals surface area contributed by atoms with Gasteiger partial charge in [0.1, 0.15) is 18.9 Å². The number of hydrogen-bond acceptors (Lipinski definition) is 6. The Morgan fingerprint density at radius 3 is 2.86 bits per heavy atom. The van der Waals surface area contributed by atoms with Crippen molar-refractivity contribution in [1.29, 1.82) is 0 Å². The third-order valence-electron chi connectivity index (χ3n) is 3.35. The second-order valence-corrected chi connectivity index (χ2v) is 4.71. The number of hydrazone groups is 2. The van der Waals surface area contributed by atoms with Crippen LogP contribution in [0, 0.1) is 0 Å². The molecular weight excluding hydrogens is 272 g/mol. The second-order valence-electron chi connectivity index (χ2n) is 4.71. The highest BCUT2D eigenvalue weighted by Gasteiger charge is 2.38. The van der Waals surface area contributed by atoms with Crippen molar-refractivity contribution in [3.8, 4) is 0 Å². The summed E-state index contributed by atoms with van der Waals surface area (Å²) in [5, 5.41) is 11.0. The molecule has 2 heterocycles. The Labute approximate surface area is 120 Å². The number of fused-ring (bicyclic) bond motifs is 1. The molecule has 3 N–H and O–H groups in total. The van der Waals surface area contributed by atoms with E-state index >= 15 is 0 Å². The lowest BCUT2D eigenvalue weighted by molar-refractivity contribution is -0.140. The highest BCUT2D eigenvalue weighted by Crippen LogP contribution is 2.23. The number of rotatable bonds is 3. The van der Waals surface area contributed by atoms with Crippen molar-refractivity contribution >= 4 is 23.9 Å². The molecule has 1 unspecified atom stereocenters. The predicted molar refractivity (Wildman–Crippen MR) is 75.8 cm³/mol. The molecule has 0 aliphatic carbocycles. The minimum atomic E-state index is -0.476. The van der Waals surface area contributed by atoms with Gasteiger partial charge in [-0.25, -0.2) is 15.9 Å². The highest BCUT2D eigenvalue weighted by atomic mass is 16.2. The van der Waals surface area contributed by atoms with Gasteiger partial charge in [-0.2, -0.15) is 10.2 Å². The quantitative estimate of drug-likeness (QED) is 0.433. The minimum absolute atomic E-state index is 0.198. The molecule has 8 nitrogen and oxygen atoms in total. The molecule has 0 saturated carbocycles. The van der Waals surface area contributed by atoms with Crippen molar-refractivity contribution in [3.63, 3.8) is 0 Å². The average molecular weight is 286 g/mol. The van der Waals surface area contributed by atoms with Crippen molar-refractivity contribution in [2.45, 2.75) is 12.5 Å². The van der Waals surface area contributed by atoms with E-state index in [2.05, 4.69) is 10.2 Å². The monoisotopic (exact) mass is 286 g/mol. The van der Waals surface area contributed by atoms with Crippen LogP contribution in [0.3, 0.4) is 0 Å². The van der Waals surface area contributed by atoms with Crippen LogP contribution in [0.2, 0.25) is 0 Å². The maximum absolute atomic E-state index is 12.3. The van der Waals surface area contributed by atoms with Crippen LogP contribution in [0.25, 0.3) is 0 Å². The summed E-state index contributed by atoms with van der Waals surface area (Å²) in [5.74, 6) is 4.27. The third-order valence-corrected chi connectivity index (χ3v) is 3.35. The average Bonchev–Trinajstić information content (AvgIpc) is 2.96. The molecule has 2 amide bonds. The maximum Gasteiger partial charge on any atom is 0.268 e. The Morgan fingerprint density at radius 2 is 2.14 bits per heavy atom. The zero-order valence-electron chi connectivity index (χ0n) is 11.1. The van der Waals surface area contributed by atoms with Gasteiger partial charge in [-0.05, 0) is 5.56 Å². The summed E-state index contributed by atoms with van der Waals surface area (Å²) in [5.41, 5.74) is 3.77. The number of amides is 2. The van der Waals surface area contributed by atoms with Gasteiger partial charge in [0.25, 0.3) is 11.8 Å². The number of benzene rings is 1. The van der Waals surface area contributed by atoms with Crippen molar-refractivity contribution < 1.29 is 9.59 Å². The van der Waals surface area contributed by atoms with Crippen molar-refractivity contribution in [3.05, 3.63) is 35.9 Å². The van der Waals surface area contributed by atoms with Crippen LogP contribution in [0.1, 0.15) is 12.0 Å². The van der Waals surface area contributed by atoms with Crippen LogP contribution < -0.4 is 11.3 Å². The number of nitrogens with one attached hydrogen (secondary N) is 1. The fourth-order valence-electron chi connectivity index (χ4n) is 2.28. The highest BCUT2D eigenvalue weighted by molar-refractivity contribution is 6.06. The number of hydrogen-bond donors (Lipinski definition) is 2. The normalized spacial score (nSPS) is 20.3. The van der Waals surface area contributed by atoms with Crippen LogP contribution in [-0.2, 0) is 9.59 Å². The van der Waals surface area contributed by atoms with E-state index in [0.29, 0.717) is 6.42 Å². The molecule has 3 rings (SSSR count). The summed E-state index contributed by atoms with van der Waals surface area (Å²) in [6.45, 7) is -0.198. The standard InChI is InChI=1S/C13H14N6O2/c14-16-12(20)7-18-13(21)11-6-10(17-19(11)8-15-18)9-4-2-1-3-5-9/h1-5,8,11H,6-7,14H2,(H,16,20). The summed E-state index contributed by atoms with van der Waals surface area (Å²) in [6, 6.07) is 9.19. The van der Waals surface area contributed by atoms with Crippen LogP contribution in [0.15, 0.2) is 40.5 Å². The van der Waals surface area contributed by atoms with Crippen LogP contribution >= 0.6 is 0 Å². The van der Waals surface area contributed by atoms with Gasteiger partial charge in [-0.15, -0.1) is 0 Å². The summed E-state index contributed by atoms with van der Waals surface area (Å²) >= 11 is 0. The molecule has 8 heteroatoms. The van der Waals surface area contributed by atoms with Gasteiger partial charge < -0.3 is 0 Å². The summed E-state index contributed by atoms with van der Waals surface area (Å²) < 4.78 is 0. The predicted octanol–water partition coefficient (Wildman–Crippen LogP) is -0.760. The SMILES string of the molecule is NNC(=O)CN1N=CN2N=C(c3ccccc3)CC2C1=O. The van der Waals surface area contributed by atoms with Crippen molar-refractivity contribution in [1.82, 2.24) is 15.4 Å². The molecule has 1 aromatic rings. The first-order valence-electron chi connectivity index (χ1n) is 6.45. The Hall–Kier alpha value is -2.74. The first-order chi connectivity index (χ1) is 10.2. The lowest BCUT2D eigenvalue weighted by Crippen LogP contribution is -2.50. The summed E-state index contributed by atoms with van der Waals surface area (Å²) in [7, 11) is 0. The maximum atomic E-state index is 12.3. The molecule has 21 heavy (non-hydrogen) atoms. The lowest BCUT2D eigenvalue weighted by atomic mass is 10.0. The van der Waals surface area contributed by atoms with Gasteiger partial charge in [-0.3, -0.25) is 15.0 Å². The van der Waals surface area contributed by atoms with E-state index in [1.165, 1.54) is 11.3 Å². The van der Waals surface area contributed by atoms with Crippen LogP contribution in [0.5, 0.6) is 0 Å². The lowest BCUT2D eigenvalue weighted by Gasteiger charge is -2.28. The zero-order chi connectivity index (χ0) is 14.8. The van der Waals surface area contributed by atoms with Gasteiger partial charge >= 0.3 is 0 Å². The zero-order valence-corrected chi connectivity index (χ0v) is 11.1. The molecule has 0 bridgehead atoms. The molecule has 0 fully saturated rings. The van der Waals surface area contributed by atoms with Gasteiger partial charge in [0.05, 0.1) is 5.71 Å². The minimum Gasteiger partial charge on any atom is -0.293 e. The Bertz CT molecular complexity index is 627. The van der Waals surface area contributed by atoms with Crippen LogP contribution in [-0.4, -0.2) is 46.5 Å². The number of carbonyl (C=O) groups is 2. The van der Waals surface area contributed by atoms with E-state index in [4.69, 9.17) is 5.84 Å². The number of hydrazine groups is 1. The molecule has 0 saturated heterocycles. The summed E-state index contributed by atoms with van der Waals surface area (Å²) in [4.78, 5) is 23.6. The smallest absolute Gasteiger partial charge is 0.268 e. The van der Waals surface area contributed by atoms with E-state index in [1.807, 2.05) is 35.8 Å². The topological polar surface area (TPSA) is 103 Å².